The number of imide groups is 1. The van der Waals surface area contributed by atoms with E-state index in [9.17, 15) is 18.0 Å². The Balaban J connectivity index is 2.16. The lowest BCUT2D eigenvalue weighted by molar-refractivity contribution is -0.128. The number of nitrogens with one attached hydrogen (secondary N) is 1. The number of carbonyl (C=O) groups is 2. The number of sulfonamides is 1. The van der Waals surface area contributed by atoms with Crippen LogP contribution in [-0.4, -0.2) is 20.2 Å². The van der Waals surface area contributed by atoms with Gasteiger partial charge in [-0.15, -0.1) is 5.11 Å². The molecule has 0 saturated carbocycles. The van der Waals surface area contributed by atoms with Crippen LogP contribution in [0.1, 0.15) is 6.42 Å². The molecule has 0 atom stereocenters. The van der Waals surface area contributed by atoms with Gasteiger partial charge in [0.1, 0.15) is 5.70 Å². The van der Waals surface area contributed by atoms with Gasteiger partial charge in [-0.1, -0.05) is 0 Å². The van der Waals surface area contributed by atoms with Gasteiger partial charge in [-0.2, -0.15) is 5.11 Å². The van der Waals surface area contributed by atoms with Crippen LogP contribution in [0.25, 0.3) is 0 Å². The quantitative estimate of drug-likeness (QED) is 0.615. The predicted octanol–water partition coefficient (Wildman–Crippen LogP) is 0.348. The predicted molar refractivity (Wildman–Crippen MR) is 68.2 cm³/mol. The van der Waals surface area contributed by atoms with Crippen LogP contribution in [0.2, 0.25) is 0 Å². The first-order chi connectivity index (χ1) is 9.36. The number of hydrogen-bond acceptors (Lipinski definition) is 6. The van der Waals surface area contributed by atoms with Crippen LogP contribution in [-0.2, 0) is 19.6 Å². The summed E-state index contributed by atoms with van der Waals surface area (Å²) in [5.74, 6) is -1.02. The zero-order valence-electron chi connectivity index (χ0n) is 10.1. The molecule has 9 heteroatoms. The first-order valence-corrected chi connectivity index (χ1v) is 7.00. The normalized spacial score (nSPS) is 16.1. The molecule has 8 nitrogen and oxygen atoms in total. The minimum atomic E-state index is -3.76. The first-order valence-electron chi connectivity index (χ1n) is 5.45. The monoisotopic (exact) mass is 294 g/mol. The summed E-state index contributed by atoms with van der Waals surface area (Å²) in [7, 11) is -3.76. The SMILES string of the molecule is NS(=O)(=O)c1ccc(N=NC2=CCC(=O)NC2=O)cc1. The average Bonchev–Trinajstić information content (AvgIpc) is 2.37. The molecule has 0 saturated heterocycles. The number of amides is 2. The van der Waals surface area contributed by atoms with Gasteiger partial charge in [0.25, 0.3) is 5.91 Å². The number of azo groups is 1. The second-order valence-electron chi connectivity index (χ2n) is 3.91. The fourth-order valence-electron chi connectivity index (χ4n) is 1.42. The summed E-state index contributed by atoms with van der Waals surface area (Å²) in [4.78, 5) is 22.2. The summed E-state index contributed by atoms with van der Waals surface area (Å²) in [6.07, 6.45) is 1.42. The molecule has 0 aliphatic carbocycles. The van der Waals surface area contributed by atoms with Crippen molar-refractivity contribution in [2.45, 2.75) is 11.3 Å². The molecular weight excluding hydrogens is 284 g/mol. The smallest absolute Gasteiger partial charge is 0.278 e. The van der Waals surface area contributed by atoms with Crippen LogP contribution in [0.3, 0.4) is 0 Å². The van der Waals surface area contributed by atoms with Crippen LogP contribution in [0.15, 0.2) is 51.2 Å². The van der Waals surface area contributed by atoms with Gasteiger partial charge in [0.05, 0.1) is 10.6 Å². The van der Waals surface area contributed by atoms with E-state index in [1.165, 1.54) is 30.3 Å². The summed E-state index contributed by atoms with van der Waals surface area (Å²) in [5, 5.41) is 14.5. The van der Waals surface area contributed by atoms with Gasteiger partial charge in [-0.3, -0.25) is 14.9 Å². The van der Waals surface area contributed by atoms with Gasteiger partial charge in [-0.05, 0) is 30.3 Å². The molecule has 0 fully saturated rings. The van der Waals surface area contributed by atoms with Gasteiger partial charge in [0, 0.05) is 6.42 Å². The van der Waals surface area contributed by atoms with Crippen molar-refractivity contribution in [3.8, 4) is 0 Å². The molecule has 1 aromatic carbocycles. The molecular formula is C11H10N4O4S. The third-order valence-electron chi connectivity index (χ3n) is 2.40. The Morgan fingerprint density at radius 2 is 1.75 bits per heavy atom. The van der Waals surface area contributed by atoms with Crippen molar-refractivity contribution in [1.82, 2.24) is 5.32 Å². The van der Waals surface area contributed by atoms with E-state index in [1.807, 2.05) is 0 Å². The lowest BCUT2D eigenvalue weighted by Crippen LogP contribution is -2.33. The maximum Gasteiger partial charge on any atom is 0.278 e. The summed E-state index contributed by atoms with van der Waals surface area (Å²) in [6, 6.07) is 5.36. The Bertz CT molecular complexity index is 719. The molecule has 0 bridgehead atoms. The Labute approximate surface area is 114 Å². The number of hydrogen-bond donors (Lipinski definition) is 2. The molecule has 1 heterocycles. The lowest BCUT2D eigenvalue weighted by Gasteiger charge is -2.07. The van der Waals surface area contributed by atoms with Crippen molar-refractivity contribution in [1.29, 1.82) is 0 Å². The van der Waals surface area contributed by atoms with E-state index in [2.05, 4.69) is 15.5 Å². The molecule has 2 rings (SSSR count). The molecule has 104 valence electrons. The molecule has 0 spiro atoms. The first kappa shape index (κ1) is 14.0. The third kappa shape index (κ3) is 3.33. The molecule has 0 aromatic heterocycles. The summed E-state index contributed by atoms with van der Waals surface area (Å²) >= 11 is 0. The Morgan fingerprint density at radius 1 is 1.10 bits per heavy atom. The molecule has 1 aromatic rings. The maximum absolute atomic E-state index is 11.4. The molecule has 2 amide bonds. The highest BCUT2D eigenvalue weighted by Gasteiger charge is 2.17. The van der Waals surface area contributed by atoms with E-state index in [4.69, 9.17) is 5.14 Å². The second-order valence-corrected chi connectivity index (χ2v) is 5.47. The largest absolute Gasteiger partial charge is 0.291 e. The Hall–Kier alpha value is -2.39. The van der Waals surface area contributed by atoms with Crippen molar-refractivity contribution < 1.29 is 18.0 Å². The Morgan fingerprint density at radius 3 is 2.30 bits per heavy atom. The van der Waals surface area contributed by atoms with Crippen LogP contribution in [0.4, 0.5) is 5.69 Å². The molecule has 3 N–H and O–H groups in total. The van der Waals surface area contributed by atoms with E-state index >= 15 is 0 Å². The number of carbonyl (C=O) groups excluding carboxylic acids is 2. The molecule has 1 aliphatic rings. The van der Waals surface area contributed by atoms with Gasteiger partial charge in [0.2, 0.25) is 15.9 Å². The molecule has 20 heavy (non-hydrogen) atoms. The van der Waals surface area contributed by atoms with E-state index in [0.29, 0.717) is 5.69 Å². The van der Waals surface area contributed by atoms with Crippen LogP contribution >= 0.6 is 0 Å². The van der Waals surface area contributed by atoms with E-state index in [1.54, 1.807) is 0 Å². The molecule has 1 aliphatic heterocycles. The van der Waals surface area contributed by atoms with E-state index in [-0.39, 0.29) is 17.0 Å². The van der Waals surface area contributed by atoms with Crippen molar-refractivity contribution >= 4 is 27.5 Å². The topological polar surface area (TPSA) is 131 Å². The summed E-state index contributed by atoms with van der Waals surface area (Å²) in [5.41, 5.74) is 0.378. The highest BCUT2D eigenvalue weighted by atomic mass is 32.2. The highest BCUT2D eigenvalue weighted by molar-refractivity contribution is 7.89. The highest BCUT2D eigenvalue weighted by Crippen LogP contribution is 2.17. The van der Waals surface area contributed by atoms with Gasteiger partial charge in [-0.25, -0.2) is 13.6 Å². The van der Waals surface area contributed by atoms with Crippen LogP contribution in [0, 0.1) is 0 Å². The molecule has 0 unspecified atom stereocenters. The number of nitrogens with two attached hydrogens (primary N) is 1. The minimum Gasteiger partial charge on any atom is -0.291 e. The fourth-order valence-corrected chi connectivity index (χ4v) is 1.94. The van der Waals surface area contributed by atoms with Crippen molar-refractivity contribution in [3.05, 3.63) is 36.0 Å². The number of primary sulfonamides is 1. The standard InChI is InChI=1S/C11H10N4O4S/c12-20(18,19)8-3-1-7(2-4-8)14-15-9-5-6-10(16)13-11(9)17/h1-5H,6H2,(H2,12,18,19)(H,13,16,17). The number of benzene rings is 1. The zero-order chi connectivity index (χ0) is 14.8. The summed E-state index contributed by atoms with van der Waals surface area (Å²) in [6.45, 7) is 0. The second kappa shape index (κ2) is 5.31. The average molecular weight is 294 g/mol. The Kier molecular flexibility index (Phi) is 3.72. The van der Waals surface area contributed by atoms with Crippen LogP contribution < -0.4 is 10.5 Å². The van der Waals surface area contributed by atoms with Crippen molar-refractivity contribution in [2.75, 3.05) is 0 Å². The van der Waals surface area contributed by atoms with Crippen LogP contribution in [0.5, 0.6) is 0 Å². The van der Waals surface area contributed by atoms with Crippen molar-refractivity contribution in [2.24, 2.45) is 15.4 Å². The minimum absolute atomic E-state index is 0.0279. The van der Waals surface area contributed by atoms with Gasteiger partial charge < -0.3 is 0 Å². The zero-order valence-corrected chi connectivity index (χ0v) is 10.9. The van der Waals surface area contributed by atoms with E-state index in [0.717, 1.165) is 0 Å². The van der Waals surface area contributed by atoms with Gasteiger partial charge in [0.15, 0.2) is 0 Å². The number of rotatable bonds is 3. The maximum atomic E-state index is 11.4. The summed E-state index contributed by atoms with van der Waals surface area (Å²) < 4.78 is 22.1. The van der Waals surface area contributed by atoms with E-state index < -0.39 is 21.8 Å². The van der Waals surface area contributed by atoms with Gasteiger partial charge >= 0.3 is 0 Å². The number of nitrogens with zero attached hydrogens (tertiary/aromatic N) is 2. The third-order valence-corrected chi connectivity index (χ3v) is 3.33. The lowest BCUT2D eigenvalue weighted by atomic mass is 10.2. The fraction of sp³-hybridized carbons (Fsp3) is 0.0909. The van der Waals surface area contributed by atoms with Crippen molar-refractivity contribution in [3.63, 3.8) is 0 Å². The molecule has 0 radical (unpaired) electrons.